The van der Waals surface area contributed by atoms with Crippen molar-refractivity contribution >= 4 is 11.8 Å². The first-order valence-corrected chi connectivity index (χ1v) is 4.21. The van der Waals surface area contributed by atoms with Crippen molar-refractivity contribution in [1.82, 2.24) is 9.97 Å². The summed E-state index contributed by atoms with van der Waals surface area (Å²) in [7, 11) is 0. The number of nitrogens with one attached hydrogen (secondary N) is 1. The molecule has 1 heterocycles. The number of aromatic carboxylic acids is 1. The quantitative estimate of drug-likeness (QED) is 0.492. The smallest absolute Gasteiger partial charge is 0.356 e. The van der Waals surface area contributed by atoms with Crippen LogP contribution in [0.15, 0.2) is 12.4 Å². The second-order valence-electron chi connectivity index (χ2n) is 2.81. The maximum atomic E-state index is 10.5. The lowest BCUT2D eigenvalue weighted by molar-refractivity contribution is 0.0690. The van der Waals surface area contributed by atoms with Gasteiger partial charge in [0.2, 0.25) is 0 Å². The van der Waals surface area contributed by atoms with E-state index in [0.29, 0.717) is 0 Å². The van der Waals surface area contributed by atoms with Crippen LogP contribution < -0.4 is 5.32 Å². The molecule has 0 saturated heterocycles. The van der Waals surface area contributed by atoms with E-state index in [1.54, 1.807) is 0 Å². The third kappa shape index (κ3) is 3.49. The normalized spacial score (nSPS) is 12.1. The van der Waals surface area contributed by atoms with Gasteiger partial charge >= 0.3 is 5.97 Å². The molecule has 1 atom stereocenters. The van der Waals surface area contributed by atoms with E-state index in [0.717, 1.165) is 6.20 Å². The molecule has 82 valence electrons. The van der Waals surface area contributed by atoms with Crippen molar-refractivity contribution in [2.75, 3.05) is 18.5 Å². The standard InChI is InChI=1S/C8H11N3O4/c12-4-5(13)1-10-7-3-9-2-6(11-7)8(14)15/h2-3,5,12-13H,1,4H2,(H,10,11)(H,14,15). The van der Waals surface area contributed by atoms with Gasteiger partial charge in [-0.25, -0.2) is 9.78 Å². The molecule has 0 aliphatic heterocycles. The molecule has 0 aromatic carbocycles. The van der Waals surface area contributed by atoms with Crippen molar-refractivity contribution in [2.24, 2.45) is 0 Å². The lowest BCUT2D eigenvalue weighted by Gasteiger charge is -2.08. The zero-order valence-corrected chi connectivity index (χ0v) is 7.79. The van der Waals surface area contributed by atoms with Crippen molar-refractivity contribution in [3.8, 4) is 0 Å². The van der Waals surface area contributed by atoms with E-state index in [-0.39, 0.29) is 24.7 Å². The summed E-state index contributed by atoms with van der Waals surface area (Å²) in [4.78, 5) is 17.9. The Morgan fingerprint density at radius 3 is 2.87 bits per heavy atom. The fourth-order valence-electron chi connectivity index (χ4n) is 0.841. The van der Waals surface area contributed by atoms with E-state index >= 15 is 0 Å². The summed E-state index contributed by atoms with van der Waals surface area (Å²) in [5.41, 5.74) is -0.182. The van der Waals surface area contributed by atoms with E-state index in [1.165, 1.54) is 6.20 Å². The third-order valence-electron chi connectivity index (χ3n) is 1.58. The fraction of sp³-hybridized carbons (Fsp3) is 0.375. The Labute approximate surface area is 85.4 Å². The Bertz CT molecular complexity index is 344. The highest BCUT2D eigenvalue weighted by atomic mass is 16.4. The molecule has 0 saturated carbocycles. The number of carbonyl (C=O) groups is 1. The van der Waals surface area contributed by atoms with Gasteiger partial charge in [0.05, 0.1) is 25.1 Å². The van der Waals surface area contributed by atoms with Gasteiger partial charge in [-0.3, -0.25) is 4.98 Å². The van der Waals surface area contributed by atoms with Gasteiger partial charge in [0.1, 0.15) is 5.82 Å². The molecule has 0 amide bonds. The molecule has 0 spiro atoms. The molecular weight excluding hydrogens is 202 g/mol. The van der Waals surface area contributed by atoms with Crippen LogP contribution in [0, 0.1) is 0 Å². The number of aliphatic hydroxyl groups excluding tert-OH is 2. The number of aliphatic hydroxyl groups is 2. The highest BCUT2D eigenvalue weighted by Gasteiger charge is 2.07. The minimum atomic E-state index is -1.17. The molecule has 1 aromatic rings. The molecule has 1 rings (SSSR count). The van der Waals surface area contributed by atoms with Gasteiger partial charge in [0.15, 0.2) is 5.69 Å². The summed E-state index contributed by atoms with van der Waals surface area (Å²) in [5.74, 6) is -0.934. The van der Waals surface area contributed by atoms with Gasteiger partial charge < -0.3 is 20.6 Å². The molecule has 7 nitrogen and oxygen atoms in total. The van der Waals surface area contributed by atoms with E-state index in [2.05, 4.69) is 15.3 Å². The zero-order chi connectivity index (χ0) is 11.3. The van der Waals surface area contributed by atoms with Crippen LogP contribution in [0.1, 0.15) is 10.5 Å². The SMILES string of the molecule is O=C(O)c1cncc(NCC(O)CO)n1. The second kappa shape index (κ2) is 5.23. The van der Waals surface area contributed by atoms with Crippen molar-refractivity contribution in [1.29, 1.82) is 0 Å². The predicted molar refractivity (Wildman–Crippen MR) is 50.6 cm³/mol. The largest absolute Gasteiger partial charge is 0.476 e. The number of carboxylic acid groups (broad SMARTS) is 1. The lowest BCUT2D eigenvalue weighted by atomic mass is 10.4. The van der Waals surface area contributed by atoms with Gasteiger partial charge in [-0.05, 0) is 0 Å². The van der Waals surface area contributed by atoms with E-state index in [1.807, 2.05) is 0 Å². The monoisotopic (exact) mass is 213 g/mol. The van der Waals surface area contributed by atoms with Gasteiger partial charge in [0, 0.05) is 6.54 Å². The van der Waals surface area contributed by atoms with Crippen molar-refractivity contribution in [3.05, 3.63) is 18.1 Å². The average molecular weight is 213 g/mol. The van der Waals surface area contributed by atoms with Crippen molar-refractivity contribution in [3.63, 3.8) is 0 Å². The second-order valence-corrected chi connectivity index (χ2v) is 2.81. The van der Waals surface area contributed by atoms with Crippen LogP contribution in [0.5, 0.6) is 0 Å². The molecule has 0 aliphatic rings. The predicted octanol–water partition coefficient (Wildman–Crippen LogP) is -1.06. The average Bonchev–Trinajstić information content (AvgIpc) is 2.26. The highest BCUT2D eigenvalue weighted by molar-refractivity contribution is 5.85. The van der Waals surface area contributed by atoms with Crippen LogP contribution >= 0.6 is 0 Å². The maximum Gasteiger partial charge on any atom is 0.356 e. The van der Waals surface area contributed by atoms with Crippen LogP contribution in [-0.2, 0) is 0 Å². The summed E-state index contributed by atoms with van der Waals surface area (Å²) in [6.45, 7) is -0.298. The van der Waals surface area contributed by atoms with Crippen LogP contribution in [0.4, 0.5) is 5.82 Å². The number of aromatic nitrogens is 2. The number of carboxylic acids is 1. The van der Waals surface area contributed by atoms with E-state index in [9.17, 15) is 4.79 Å². The first kappa shape index (κ1) is 11.3. The molecule has 1 aromatic heterocycles. The Hall–Kier alpha value is -1.73. The highest BCUT2D eigenvalue weighted by Crippen LogP contribution is 2.01. The summed E-state index contributed by atoms with van der Waals surface area (Å²) in [5, 5.41) is 28.8. The number of hydrogen-bond acceptors (Lipinski definition) is 6. The number of hydrogen-bond donors (Lipinski definition) is 4. The summed E-state index contributed by atoms with van der Waals surface area (Å²) in [6.07, 6.45) is 1.53. The Morgan fingerprint density at radius 2 is 2.27 bits per heavy atom. The Morgan fingerprint density at radius 1 is 1.53 bits per heavy atom. The van der Waals surface area contributed by atoms with Gasteiger partial charge in [-0.2, -0.15) is 0 Å². The zero-order valence-electron chi connectivity index (χ0n) is 7.79. The lowest BCUT2D eigenvalue weighted by Crippen LogP contribution is -2.23. The molecule has 0 bridgehead atoms. The first-order valence-electron chi connectivity index (χ1n) is 4.21. The molecule has 0 fully saturated rings. The van der Waals surface area contributed by atoms with Crippen molar-refractivity contribution < 1.29 is 20.1 Å². The number of nitrogens with zero attached hydrogens (tertiary/aromatic N) is 2. The minimum absolute atomic E-state index is 0.0776. The molecule has 0 aliphatic carbocycles. The maximum absolute atomic E-state index is 10.5. The topological polar surface area (TPSA) is 116 Å². The third-order valence-corrected chi connectivity index (χ3v) is 1.58. The summed E-state index contributed by atoms with van der Waals surface area (Å²) in [6, 6.07) is 0. The van der Waals surface area contributed by atoms with E-state index < -0.39 is 12.1 Å². The van der Waals surface area contributed by atoms with Gasteiger partial charge in [-0.1, -0.05) is 0 Å². The number of rotatable bonds is 5. The van der Waals surface area contributed by atoms with Crippen LogP contribution in [0.3, 0.4) is 0 Å². The summed E-state index contributed by atoms with van der Waals surface area (Å²) < 4.78 is 0. The Balaban J connectivity index is 2.62. The molecule has 15 heavy (non-hydrogen) atoms. The van der Waals surface area contributed by atoms with Crippen molar-refractivity contribution in [2.45, 2.75) is 6.10 Å². The van der Waals surface area contributed by atoms with Gasteiger partial charge in [-0.15, -0.1) is 0 Å². The fourth-order valence-corrected chi connectivity index (χ4v) is 0.841. The number of anilines is 1. The van der Waals surface area contributed by atoms with Crippen LogP contribution in [0.2, 0.25) is 0 Å². The summed E-state index contributed by atoms with van der Waals surface area (Å²) >= 11 is 0. The van der Waals surface area contributed by atoms with E-state index in [4.69, 9.17) is 15.3 Å². The molecule has 1 unspecified atom stereocenters. The van der Waals surface area contributed by atoms with Crippen LogP contribution in [0.25, 0.3) is 0 Å². The molecular formula is C8H11N3O4. The first-order chi connectivity index (χ1) is 7.13. The molecule has 4 N–H and O–H groups in total. The Kier molecular flexibility index (Phi) is 3.95. The molecule has 0 radical (unpaired) electrons. The molecule has 7 heteroatoms. The van der Waals surface area contributed by atoms with Gasteiger partial charge in [0.25, 0.3) is 0 Å². The van der Waals surface area contributed by atoms with Crippen LogP contribution in [-0.4, -0.2) is 50.5 Å². The minimum Gasteiger partial charge on any atom is -0.476 e.